The number of aliphatic hydroxyl groups is 1. The molecule has 0 aromatic heterocycles. The summed E-state index contributed by atoms with van der Waals surface area (Å²) in [7, 11) is 2.05. The van der Waals surface area contributed by atoms with E-state index in [-0.39, 0.29) is 17.6 Å². The molecule has 2 heterocycles. The first kappa shape index (κ1) is 16.7. The number of β-amino-alcohol motifs (C(OH)–C–C–N with tert-alkyl or cyclic N) is 1. The largest absolute Gasteiger partial charge is 0.391 e. The third-order valence-electron chi connectivity index (χ3n) is 4.92. The third-order valence-corrected chi connectivity index (χ3v) is 4.92. The van der Waals surface area contributed by atoms with Crippen LogP contribution in [0, 0.1) is 5.41 Å². The van der Waals surface area contributed by atoms with Gasteiger partial charge in [0.05, 0.1) is 12.1 Å². The monoisotopic (exact) mass is 297 g/mol. The molecule has 2 rings (SSSR count). The molecule has 2 saturated heterocycles. The quantitative estimate of drug-likeness (QED) is 0.830. The first-order chi connectivity index (χ1) is 9.79. The zero-order valence-corrected chi connectivity index (χ0v) is 14.0. The number of likely N-dealkylation sites (N-methyl/N-ethyl adjacent to an activating group) is 1. The molecule has 2 fully saturated rings. The third kappa shape index (κ3) is 4.18. The molecule has 1 amide bonds. The van der Waals surface area contributed by atoms with Crippen LogP contribution in [0.5, 0.6) is 0 Å². The molecule has 21 heavy (non-hydrogen) atoms. The summed E-state index contributed by atoms with van der Waals surface area (Å²) < 4.78 is 0. The number of aliphatic hydroxyl groups excluding tert-OH is 1. The van der Waals surface area contributed by atoms with Gasteiger partial charge in [0, 0.05) is 32.7 Å². The van der Waals surface area contributed by atoms with Crippen LogP contribution in [0.2, 0.25) is 0 Å². The summed E-state index contributed by atoms with van der Waals surface area (Å²) in [5, 5.41) is 10.2. The van der Waals surface area contributed by atoms with E-state index in [1.807, 2.05) is 11.9 Å². The Morgan fingerprint density at radius 3 is 2.29 bits per heavy atom. The van der Waals surface area contributed by atoms with E-state index in [9.17, 15) is 9.90 Å². The molecule has 2 atom stereocenters. The molecule has 0 aliphatic carbocycles. The van der Waals surface area contributed by atoms with Crippen LogP contribution in [0.25, 0.3) is 0 Å². The van der Waals surface area contributed by atoms with Crippen LogP contribution in [0.3, 0.4) is 0 Å². The van der Waals surface area contributed by atoms with E-state index in [2.05, 4.69) is 30.6 Å². The molecule has 0 bridgehead atoms. The second-order valence-corrected chi connectivity index (χ2v) is 7.65. The Bertz CT molecular complexity index is 359. The van der Waals surface area contributed by atoms with Crippen LogP contribution in [-0.2, 0) is 4.79 Å². The standard InChI is InChI=1S/C16H31N3O2/c1-16(2,3)14(20)12-18-8-10-19(11-9-18)15(21)13-6-5-7-17(13)4/h13-14,20H,5-12H2,1-4H3/t13-,14+/m1/s1. The van der Waals surface area contributed by atoms with Gasteiger partial charge in [-0.1, -0.05) is 20.8 Å². The number of carbonyl (C=O) groups is 1. The highest BCUT2D eigenvalue weighted by Gasteiger charge is 2.33. The molecule has 0 aromatic carbocycles. The van der Waals surface area contributed by atoms with Gasteiger partial charge in [-0.2, -0.15) is 0 Å². The predicted molar refractivity (Wildman–Crippen MR) is 84.1 cm³/mol. The summed E-state index contributed by atoms with van der Waals surface area (Å²) in [6.45, 7) is 11.3. The van der Waals surface area contributed by atoms with Gasteiger partial charge in [-0.3, -0.25) is 14.6 Å². The SMILES string of the molecule is CN1CCC[C@@H]1C(=O)N1CCN(C[C@H](O)C(C)(C)C)CC1. The smallest absolute Gasteiger partial charge is 0.240 e. The van der Waals surface area contributed by atoms with E-state index in [0.717, 1.165) is 45.6 Å². The van der Waals surface area contributed by atoms with E-state index in [1.165, 1.54) is 0 Å². The van der Waals surface area contributed by atoms with Crippen LogP contribution in [0.1, 0.15) is 33.6 Å². The molecule has 0 radical (unpaired) electrons. The second-order valence-electron chi connectivity index (χ2n) is 7.65. The van der Waals surface area contributed by atoms with Crippen molar-refractivity contribution in [2.45, 2.75) is 45.8 Å². The van der Waals surface area contributed by atoms with Crippen molar-refractivity contribution < 1.29 is 9.90 Å². The van der Waals surface area contributed by atoms with Gasteiger partial charge in [-0.15, -0.1) is 0 Å². The summed E-state index contributed by atoms with van der Waals surface area (Å²) in [6, 6.07) is 0.0942. The molecule has 122 valence electrons. The van der Waals surface area contributed by atoms with Crippen molar-refractivity contribution in [3.05, 3.63) is 0 Å². The molecule has 2 aliphatic heterocycles. The number of amides is 1. The zero-order valence-electron chi connectivity index (χ0n) is 14.0. The lowest BCUT2D eigenvalue weighted by atomic mass is 9.89. The normalized spacial score (nSPS) is 27.1. The zero-order chi connectivity index (χ0) is 15.6. The first-order valence-corrected chi connectivity index (χ1v) is 8.18. The highest BCUT2D eigenvalue weighted by Crippen LogP contribution is 2.21. The molecule has 5 nitrogen and oxygen atoms in total. The number of carbonyl (C=O) groups excluding carboxylic acids is 1. The first-order valence-electron chi connectivity index (χ1n) is 8.18. The fourth-order valence-corrected chi connectivity index (χ4v) is 3.10. The van der Waals surface area contributed by atoms with Crippen LogP contribution in [0.4, 0.5) is 0 Å². The van der Waals surface area contributed by atoms with Gasteiger partial charge in [0.2, 0.25) is 5.91 Å². The maximum atomic E-state index is 12.5. The van der Waals surface area contributed by atoms with E-state index >= 15 is 0 Å². The van der Waals surface area contributed by atoms with Crippen molar-refractivity contribution >= 4 is 5.91 Å². The van der Waals surface area contributed by atoms with Gasteiger partial charge < -0.3 is 10.0 Å². The number of hydrogen-bond donors (Lipinski definition) is 1. The average Bonchev–Trinajstić information content (AvgIpc) is 2.84. The minimum atomic E-state index is -0.319. The van der Waals surface area contributed by atoms with Crippen molar-refractivity contribution in [2.24, 2.45) is 5.41 Å². The van der Waals surface area contributed by atoms with Crippen molar-refractivity contribution in [3.63, 3.8) is 0 Å². The maximum absolute atomic E-state index is 12.5. The van der Waals surface area contributed by atoms with E-state index < -0.39 is 0 Å². The van der Waals surface area contributed by atoms with Crippen LogP contribution >= 0.6 is 0 Å². The minimum absolute atomic E-state index is 0.0838. The predicted octanol–water partition coefficient (Wildman–Crippen LogP) is 0.632. The van der Waals surface area contributed by atoms with Gasteiger partial charge in [0.15, 0.2) is 0 Å². The van der Waals surface area contributed by atoms with Crippen LogP contribution < -0.4 is 0 Å². The Morgan fingerprint density at radius 2 is 1.81 bits per heavy atom. The lowest BCUT2D eigenvalue weighted by molar-refractivity contribution is -0.137. The van der Waals surface area contributed by atoms with E-state index in [4.69, 9.17) is 0 Å². The number of piperazine rings is 1. The van der Waals surface area contributed by atoms with Crippen molar-refractivity contribution in [2.75, 3.05) is 46.3 Å². The van der Waals surface area contributed by atoms with Crippen molar-refractivity contribution in [1.29, 1.82) is 0 Å². The highest BCUT2D eigenvalue weighted by molar-refractivity contribution is 5.82. The fraction of sp³-hybridized carbons (Fsp3) is 0.938. The number of nitrogens with zero attached hydrogens (tertiary/aromatic N) is 3. The Hall–Kier alpha value is -0.650. The van der Waals surface area contributed by atoms with Crippen LogP contribution in [0.15, 0.2) is 0 Å². The Kier molecular flexibility index (Phi) is 5.28. The minimum Gasteiger partial charge on any atom is -0.391 e. The fourth-order valence-electron chi connectivity index (χ4n) is 3.10. The maximum Gasteiger partial charge on any atom is 0.240 e. The molecule has 0 unspecified atom stereocenters. The van der Waals surface area contributed by atoms with Crippen molar-refractivity contribution in [3.8, 4) is 0 Å². The number of hydrogen-bond acceptors (Lipinski definition) is 4. The molecule has 0 spiro atoms. The summed E-state index contributed by atoms with van der Waals surface area (Å²) in [5.74, 6) is 0.297. The van der Waals surface area contributed by atoms with E-state index in [1.54, 1.807) is 0 Å². The van der Waals surface area contributed by atoms with Gasteiger partial charge in [-0.05, 0) is 31.8 Å². The van der Waals surface area contributed by atoms with Gasteiger partial charge in [-0.25, -0.2) is 0 Å². The van der Waals surface area contributed by atoms with Gasteiger partial charge >= 0.3 is 0 Å². The van der Waals surface area contributed by atoms with Gasteiger partial charge in [0.25, 0.3) is 0 Å². The molecule has 5 heteroatoms. The summed E-state index contributed by atoms with van der Waals surface area (Å²) in [5.41, 5.74) is -0.0838. The number of rotatable bonds is 3. The molecule has 1 N–H and O–H groups in total. The molecule has 2 aliphatic rings. The summed E-state index contributed by atoms with van der Waals surface area (Å²) in [6.07, 6.45) is 1.81. The second kappa shape index (κ2) is 6.63. The summed E-state index contributed by atoms with van der Waals surface area (Å²) in [4.78, 5) is 19.0. The summed E-state index contributed by atoms with van der Waals surface area (Å²) >= 11 is 0. The topological polar surface area (TPSA) is 47.0 Å². The average molecular weight is 297 g/mol. The van der Waals surface area contributed by atoms with Crippen LogP contribution in [-0.4, -0.2) is 84.2 Å². The van der Waals surface area contributed by atoms with Crippen molar-refractivity contribution in [1.82, 2.24) is 14.7 Å². The lowest BCUT2D eigenvalue weighted by Crippen LogP contribution is -2.54. The molecular formula is C16H31N3O2. The number of likely N-dealkylation sites (tertiary alicyclic amines) is 1. The van der Waals surface area contributed by atoms with E-state index in [0.29, 0.717) is 12.5 Å². The molecular weight excluding hydrogens is 266 g/mol. The highest BCUT2D eigenvalue weighted by atomic mass is 16.3. The Labute approximate surface area is 128 Å². The molecule has 0 saturated carbocycles. The Balaban J connectivity index is 1.79. The Morgan fingerprint density at radius 1 is 1.19 bits per heavy atom. The lowest BCUT2D eigenvalue weighted by Gasteiger charge is -2.39. The van der Waals surface area contributed by atoms with Gasteiger partial charge in [0.1, 0.15) is 0 Å². The molecule has 0 aromatic rings.